The minimum Gasteiger partial charge on any atom is -0.376 e. The minimum absolute atomic E-state index is 0.152. The number of hydrogen-bond acceptors (Lipinski definition) is 14. The van der Waals surface area contributed by atoms with Crippen LogP contribution in [0.5, 0.6) is 0 Å². The molecule has 0 radical (unpaired) electrons. The van der Waals surface area contributed by atoms with Crippen LogP contribution < -0.4 is 0 Å². The maximum atomic E-state index is 5.49. The van der Waals surface area contributed by atoms with Crippen molar-refractivity contribution in [2.24, 2.45) is 0 Å². The quantitative estimate of drug-likeness (QED) is 0.122. The van der Waals surface area contributed by atoms with Gasteiger partial charge in [0.05, 0.1) is 9.75 Å². The number of hydrogen-bond donors (Lipinski definition) is 0. The molecule has 0 aromatic heterocycles. The average Bonchev–Trinajstić information content (AvgIpc) is 2.67. The lowest BCUT2D eigenvalue weighted by Gasteiger charge is -2.29. The van der Waals surface area contributed by atoms with E-state index in [0.29, 0.717) is 0 Å². The van der Waals surface area contributed by atoms with Crippen molar-refractivity contribution in [3.05, 3.63) is 0 Å². The van der Waals surface area contributed by atoms with Crippen LogP contribution in [0.1, 0.15) is 13.8 Å². The minimum atomic E-state index is -2.58. The summed E-state index contributed by atoms with van der Waals surface area (Å²) in [6.07, 6.45) is 0. The molecule has 6 nitrogen and oxygen atoms in total. The lowest BCUT2D eigenvalue weighted by atomic mass is 11.0. The Morgan fingerprint density at radius 2 is 0.692 bits per heavy atom. The monoisotopic (exact) mass is 554 g/mol. The first kappa shape index (κ1) is 29.0. The molecule has 0 saturated carbocycles. The predicted molar refractivity (Wildman–Crippen MR) is 133 cm³/mol. The molecule has 2 unspecified atom stereocenters. The van der Waals surface area contributed by atoms with Crippen molar-refractivity contribution in [3.63, 3.8) is 0 Å². The summed E-state index contributed by atoms with van der Waals surface area (Å²) in [4.78, 5) is 0.304. The van der Waals surface area contributed by atoms with Gasteiger partial charge in [0.15, 0.2) is 0 Å². The first-order valence-electron chi connectivity index (χ1n) is 7.04. The van der Waals surface area contributed by atoms with Gasteiger partial charge in [-0.25, -0.2) is 0 Å². The normalized spacial score (nSPS) is 15.2. The molecule has 0 heterocycles. The van der Waals surface area contributed by atoms with E-state index < -0.39 is 17.6 Å². The lowest BCUT2D eigenvalue weighted by molar-refractivity contribution is 0.122. The maximum Gasteiger partial charge on any atom is 0.514 e. The SMILES string of the molecule is CO[Si](OC)(OC)C(C)SSSSSSSSC(C)[Si](OC)(OC)OC. The van der Waals surface area contributed by atoms with E-state index in [-0.39, 0.29) is 9.75 Å². The fraction of sp³-hybridized carbons (Fsp3) is 1.00. The predicted octanol–water partition coefficient (Wildman–Crippen LogP) is 5.87. The fourth-order valence-electron chi connectivity index (χ4n) is 1.81. The molecule has 158 valence electrons. The second-order valence-corrected chi connectivity index (χ2v) is 25.3. The summed E-state index contributed by atoms with van der Waals surface area (Å²) < 4.78 is 32.9. The molecule has 2 atom stereocenters. The molecular formula is C10H26O6S8Si2. The van der Waals surface area contributed by atoms with Gasteiger partial charge in [-0.3, -0.25) is 0 Å². The summed E-state index contributed by atoms with van der Waals surface area (Å²) in [6, 6.07) is 0. The summed E-state index contributed by atoms with van der Waals surface area (Å²) in [7, 11) is 18.4. The highest BCUT2D eigenvalue weighted by Gasteiger charge is 2.46. The summed E-state index contributed by atoms with van der Waals surface area (Å²) >= 11 is 0. The fourth-order valence-corrected chi connectivity index (χ4v) is 28.3. The molecule has 0 aliphatic heterocycles. The highest BCUT2D eigenvalue weighted by Crippen LogP contribution is 2.58. The Balaban J connectivity index is 3.89. The second-order valence-electron chi connectivity index (χ2n) is 4.32. The smallest absolute Gasteiger partial charge is 0.376 e. The summed E-state index contributed by atoms with van der Waals surface area (Å²) in [6.45, 7) is 4.14. The molecular weight excluding hydrogens is 529 g/mol. The van der Waals surface area contributed by atoms with Crippen molar-refractivity contribution < 1.29 is 26.6 Å². The topological polar surface area (TPSA) is 55.4 Å². The van der Waals surface area contributed by atoms with Crippen LogP contribution in [0.15, 0.2) is 0 Å². The Bertz CT molecular complexity index is 307. The Labute approximate surface area is 189 Å². The van der Waals surface area contributed by atoms with E-state index in [2.05, 4.69) is 13.8 Å². The molecule has 0 saturated heterocycles. The molecule has 0 aliphatic rings. The van der Waals surface area contributed by atoms with Gasteiger partial charge >= 0.3 is 17.6 Å². The van der Waals surface area contributed by atoms with Gasteiger partial charge in [0, 0.05) is 42.7 Å². The summed E-state index contributed by atoms with van der Waals surface area (Å²) in [5.41, 5.74) is 0. The van der Waals surface area contributed by atoms with E-state index in [1.165, 1.54) is 0 Å². The van der Waals surface area contributed by atoms with Crippen molar-refractivity contribution in [1.29, 1.82) is 0 Å². The van der Waals surface area contributed by atoms with Gasteiger partial charge in [-0.2, -0.15) is 0 Å². The van der Waals surface area contributed by atoms with E-state index in [1.807, 2.05) is 0 Å². The highest BCUT2D eigenvalue weighted by molar-refractivity contribution is 9.48. The summed E-state index contributed by atoms with van der Waals surface area (Å²) in [5.74, 6) is 0. The summed E-state index contributed by atoms with van der Waals surface area (Å²) in [5, 5.41) is 0. The molecule has 16 heteroatoms. The van der Waals surface area contributed by atoms with Crippen LogP contribution in [0.2, 0.25) is 0 Å². The van der Waals surface area contributed by atoms with Crippen LogP contribution in [-0.4, -0.2) is 70.0 Å². The van der Waals surface area contributed by atoms with E-state index in [1.54, 1.807) is 123 Å². The van der Waals surface area contributed by atoms with Crippen LogP contribution in [0.25, 0.3) is 0 Å². The zero-order valence-electron chi connectivity index (χ0n) is 15.9. The molecule has 0 bridgehead atoms. The molecule has 0 amide bonds. The first-order chi connectivity index (χ1) is 12.4. The second kappa shape index (κ2) is 16.7. The van der Waals surface area contributed by atoms with Crippen molar-refractivity contribution in [2.45, 2.75) is 23.6 Å². The van der Waals surface area contributed by atoms with E-state index in [4.69, 9.17) is 26.6 Å². The van der Waals surface area contributed by atoms with Gasteiger partial charge in [0.25, 0.3) is 0 Å². The average molecular weight is 555 g/mol. The molecule has 0 spiro atoms. The van der Waals surface area contributed by atoms with Crippen molar-refractivity contribution in [3.8, 4) is 0 Å². The van der Waals surface area contributed by atoms with Crippen LogP contribution >= 0.6 is 80.5 Å². The van der Waals surface area contributed by atoms with Crippen LogP contribution in [-0.2, 0) is 26.6 Å². The third-order valence-corrected chi connectivity index (χ3v) is 27.5. The van der Waals surface area contributed by atoms with Gasteiger partial charge in [-0.15, -0.1) is 0 Å². The van der Waals surface area contributed by atoms with E-state index in [9.17, 15) is 0 Å². The standard InChI is InChI=1S/C10H26O6S8Si2/c1-9(25(11-3,12-4)13-5)17-19-21-23-24-22-20-18-10(2)26(14-6,15-7)16-8/h9-10H,1-8H3. The Kier molecular flexibility index (Phi) is 18.6. The van der Waals surface area contributed by atoms with Crippen LogP contribution in [0.4, 0.5) is 0 Å². The van der Waals surface area contributed by atoms with Crippen LogP contribution in [0, 0.1) is 0 Å². The highest BCUT2D eigenvalue weighted by atomic mass is 34.0. The Morgan fingerprint density at radius 1 is 0.462 bits per heavy atom. The molecule has 0 aromatic rings. The van der Waals surface area contributed by atoms with Gasteiger partial charge in [0.1, 0.15) is 0 Å². The number of rotatable bonds is 17. The van der Waals surface area contributed by atoms with Crippen molar-refractivity contribution in [1.82, 2.24) is 0 Å². The molecule has 0 aliphatic carbocycles. The maximum absolute atomic E-state index is 5.49. The third kappa shape index (κ3) is 9.42. The molecule has 26 heavy (non-hydrogen) atoms. The third-order valence-electron chi connectivity index (χ3n) is 3.21. The van der Waals surface area contributed by atoms with Crippen LogP contribution in [0.3, 0.4) is 0 Å². The largest absolute Gasteiger partial charge is 0.514 e. The van der Waals surface area contributed by atoms with Gasteiger partial charge in [0.2, 0.25) is 0 Å². The van der Waals surface area contributed by atoms with Gasteiger partial charge in [-0.05, 0) is 72.8 Å². The zero-order chi connectivity index (χ0) is 20.1. The van der Waals surface area contributed by atoms with Gasteiger partial charge in [-0.1, -0.05) is 21.6 Å². The van der Waals surface area contributed by atoms with Crippen molar-refractivity contribution >= 4 is 98.2 Å². The Hall–Kier alpha value is 2.99. The van der Waals surface area contributed by atoms with Gasteiger partial charge < -0.3 is 26.6 Å². The first-order valence-corrected chi connectivity index (χ1v) is 20.9. The lowest BCUT2D eigenvalue weighted by Crippen LogP contribution is -2.51. The van der Waals surface area contributed by atoms with E-state index >= 15 is 0 Å². The Morgan fingerprint density at radius 3 is 0.923 bits per heavy atom. The van der Waals surface area contributed by atoms with E-state index in [0.717, 1.165) is 0 Å². The van der Waals surface area contributed by atoms with Crippen molar-refractivity contribution in [2.75, 3.05) is 42.7 Å². The molecule has 0 N–H and O–H groups in total. The zero-order valence-corrected chi connectivity index (χ0v) is 24.4. The molecule has 0 aromatic carbocycles. The molecule has 0 rings (SSSR count). The molecule has 0 fully saturated rings.